The van der Waals surface area contributed by atoms with Gasteiger partial charge in [0.1, 0.15) is 23.4 Å². The van der Waals surface area contributed by atoms with Crippen molar-refractivity contribution in [2.24, 2.45) is 0 Å². The van der Waals surface area contributed by atoms with Crippen molar-refractivity contribution >= 4 is 15.7 Å². The molecule has 1 heterocycles. The van der Waals surface area contributed by atoms with Crippen molar-refractivity contribution in [1.82, 2.24) is 9.71 Å². The van der Waals surface area contributed by atoms with E-state index >= 15 is 0 Å². The number of nitrogens with one attached hydrogen (secondary N) is 1. The third-order valence-corrected chi connectivity index (χ3v) is 5.47. The highest BCUT2D eigenvalue weighted by molar-refractivity contribution is 7.89. The summed E-state index contributed by atoms with van der Waals surface area (Å²) >= 11 is 0. The Kier molecular flexibility index (Phi) is 6.20. The van der Waals surface area contributed by atoms with Crippen molar-refractivity contribution in [2.75, 3.05) is 0 Å². The van der Waals surface area contributed by atoms with Crippen molar-refractivity contribution in [1.29, 1.82) is 0 Å². The monoisotopic (exact) mass is 413 g/mol. The van der Waals surface area contributed by atoms with Crippen LogP contribution in [0.2, 0.25) is 0 Å². The maximum atomic E-state index is 12.3. The van der Waals surface area contributed by atoms with E-state index in [4.69, 9.17) is 4.74 Å². The third-order valence-electron chi connectivity index (χ3n) is 4.10. The Hall–Kier alpha value is -3.30. The molecule has 0 unspecified atom stereocenters. The van der Waals surface area contributed by atoms with Crippen LogP contribution < -0.4 is 9.46 Å². The number of sulfonamides is 1. The summed E-state index contributed by atoms with van der Waals surface area (Å²) in [7, 11) is -3.92. The molecule has 150 valence electrons. The smallest absolute Gasteiger partial charge is 0.288 e. The molecule has 3 aromatic rings. The molecule has 0 fully saturated rings. The van der Waals surface area contributed by atoms with Gasteiger partial charge in [-0.1, -0.05) is 42.0 Å². The van der Waals surface area contributed by atoms with Crippen LogP contribution in [0.3, 0.4) is 0 Å². The number of benzene rings is 2. The van der Waals surface area contributed by atoms with Gasteiger partial charge in [-0.15, -0.1) is 0 Å². The van der Waals surface area contributed by atoms with Crippen molar-refractivity contribution in [3.05, 3.63) is 93.8 Å². The first-order valence-corrected chi connectivity index (χ1v) is 10.2. The summed E-state index contributed by atoms with van der Waals surface area (Å²) in [6.45, 7) is 2.49. The fourth-order valence-corrected chi connectivity index (χ4v) is 3.59. The minimum atomic E-state index is -3.92. The number of ether oxygens (including phenoxy) is 1. The second-order valence-corrected chi connectivity index (χ2v) is 8.15. The van der Waals surface area contributed by atoms with Gasteiger partial charge >= 0.3 is 0 Å². The molecular formula is C20H19N3O5S. The van der Waals surface area contributed by atoms with Crippen molar-refractivity contribution in [2.45, 2.75) is 25.0 Å². The SMILES string of the molecule is Cc1cccc(COc2ccc(CNS(=O)(=O)c3cncc([N+](=O)[O-])c3)cc2)c1. The van der Waals surface area contributed by atoms with Gasteiger partial charge in [-0.3, -0.25) is 15.1 Å². The average Bonchev–Trinajstić information content (AvgIpc) is 2.72. The highest BCUT2D eigenvalue weighted by Gasteiger charge is 2.18. The summed E-state index contributed by atoms with van der Waals surface area (Å²) in [4.78, 5) is 13.5. The van der Waals surface area contributed by atoms with Crippen molar-refractivity contribution < 1.29 is 18.1 Å². The Morgan fingerprint density at radius 1 is 1.07 bits per heavy atom. The van der Waals surface area contributed by atoms with Crippen LogP contribution in [0.1, 0.15) is 16.7 Å². The highest BCUT2D eigenvalue weighted by Crippen LogP contribution is 2.17. The predicted octanol–water partition coefficient (Wildman–Crippen LogP) is 3.36. The topological polar surface area (TPSA) is 111 Å². The Morgan fingerprint density at radius 2 is 1.83 bits per heavy atom. The molecule has 0 aliphatic carbocycles. The lowest BCUT2D eigenvalue weighted by molar-refractivity contribution is -0.385. The molecule has 0 aliphatic heterocycles. The van der Waals surface area contributed by atoms with Gasteiger partial charge in [-0.2, -0.15) is 0 Å². The van der Waals surface area contributed by atoms with Crippen molar-refractivity contribution in [3.63, 3.8) is 0 Å². The molecule has 1 aromatic heterocycles. The van der Waals surface area contributed by atoms with Gasteiger partial charge in [-0.25, -0.2) is 13.1 Å². The predicted molar refractivity (Wildman–Crippen MR) is 107 cm³/mol. The summed E-state index contributed by atoms with van der Waals surface area (Å²) in [6, 6.07) is 16.0. The molecule has 1 N–H and O–H groups in total. The van der Waals surface area contributed by atoms with E-state index < -0.39 is 14.9 Å². The average molecular weight is 413 g/mol. The summed E-state index contributed by atoms with van der Waals surface area (Å²) in [5, 5.41) is 10.8. The fourth-order valence-electron chi connectivity index (χ4n) is 2.59. The molecule has 9 heteroatoms. The summed E-state index contributed by atoms with van der Waals surface area (Å²) < 4.78 is 32.8. The fraction of sp³-hybridized carbons (Fsp3) is 0.150. The van der Waals surface area contributed by atoms with Crippen LogP contribution in [0.25, 0.3) is 0 Å². The van der Waals surface area contributed by atoms with E-state index in [9.17, 15) is 18.5 Å². The zero-order chi connectivity index (χ0) is 20.9. The number of pyridine rings is 1. The normalized spacial score (nSPS) is 11.2. The van der Waals surface area contributed by atoms with Gasteiger partial charge in [0.05, 0.1) is 4.92 Å². The molecule has 0 atom stereocenters. The number of rotatable bonds is 8. The molecule has 0 bridgehead atoms. The Balaban J connectivity index is 1.59. The molecule has 0 spiro atoms. The first kappa shape index (κ1) is 20.4. The van der Waals surface area contributed by atoms with Gasteiger partial charge in [0.2, 0.25) is 10.0 Å². The number of nitro groups is 1. The number of hydrogen-bond acceptors (Lipinski definition) is 6. The summed E-state index contributed by atoms with van der Waals surface area (Å²) in [6.07, 6.45) is 2.06. The van der Waals surface area contributed by atoms with E-state index in [1.54, 1.807) is 24.3 Å². The zero-order valence-corrected chi connectivity index (χ0v) is 16.4. The van der Waals surface area contributed by atoms with E-state index in [-0.39, 0.29) is 17.1 Å². The second-order valence-electron chi connectivity index (χ2n) is 6.38. The van der Waals surface area contributed by atoms with E-state index in [1.165, 1.54) is 0 Å². The largest absolute Gasteiger partial charge is 0.489 e. The highest BCUT2D eigenvalue weighted by atomic mass is 32.2. The molecule has 8 nitrogen and oxygen atoms in total. The number of nitrogens with zero attached hydrogens (tertiary/aromatic N) is 2. The molecule has 29 heavy (non-hydrogen) atoms. The summed E-state index contributed by atoms with van der Waals surface area (Å²) in [5.41, 5.74) is 2.55. The Bertz CT molecular complexity index is 1110. The minimum absolute atomic E-state index is 0.0309. The van der Waals surface area contributed by atoms with E-state index in [0.717, 1.165) is 35.2 Å². The minimum Gasteiger partial charge on any atom is -0.489 e. The number of aromatic nitrogens is 1. The molecule has 0 aliphatic rings. The second kappa shape index (κ2) is 8.80. The standard InChI is InChI=1S/C20H19N3O5S/c1-15-3-2-4-17(9-15)14-28-19-7-5-16(6-8-19)11-22-29(26,27)20-10-18(23(24)25)12-21-13-20/h2-10,12-13,22H,11,14H2,1H3. The number of aryl methyl sites for hydroxylation is 1. The van der Waals surface area contributed by atoms with Gasteiger partial charge in [-0.05, 0) is 30.2 Å². The lowest BCUT2D eigenvalue weighted by Gasteiger charge is -2.09. The maximum absolute atomic E-state index is 12.3. The van der Waals surface area contributed by atoms with E-state index in [1.807, 2.05) is 31.2 Å². The molecule has 2 aromatic carbocycles. The van der Waals surface area contributed by atoms with E-state index in [0.29, 0.717) is 12.4 Å². The van der Waals surface area contributed by atoms with Crippen LogP contribution in [0.4, 0.5) is 5.69 Å². The van der Waals surface area contributed by atoms with Gasteiger partial charge in [0.15, 0.2) is 0 Å². The quantitative estimate of drug-likeness (QED) is 0.448. The van der Waals surface area contributed by atoms with Gasteiger partial charge in [0.25, 0.3) is 5.69 Å². The molecule has 0 saturated carbocycles. The number of hydrogen-bond donors (Lipinski definition) is 1. The molecule has 0 amide bonds. The third kappa shape index (κ3) is 5.59. The Labute approximate surface area is 168 Å². The summed E-state index contributed by atoms with van der Waals surface area (Å²) in [5.74, 6) is 0.668. The van der Waals surface area contributed by atoms with Crippen LogP contribution in [0, 0.1) is 17.0 Å². The molecule has 0 radical (unpaired) electrons. The first-order valence-electron chi connectivity index (χ1n) is 8.70. The zero-order valence-electron chi connectivity index (χ0n) is 15.6. The van der Waals surface area contributed by atoms with Crippen LogP contribution in [-0.2, 0) is 23.2 Å². The van der Waals surface area contributed by atoms with Crippen LogP contribution >= 0.6 is 0 Å². The molecule has 0 saturated heterocycles. The lowest BCUT2D eigenvalue weighted by atomic mass is 10.1. The van der Waals surface area contributed by atoms with Gasteiger partial charge in [0, 0.05) is 18.8 Å². The van der Waals surface area contributed by atoms with Crippen molar-refractivity contribution in [3.8, 4) is 5.75 Å². The van der Waals surface area contributed by atoms with Crippen LogP contribution in [0.5, 0.6) is 5.75 Å². The van der Waals surface area contributed by atoms with Gasteiger partial charge < -0.3 is 4.74 Å². The lowest BCUT2D eigenvalue weighted by Crippen LogP contribution is -2.23. The van der Waals surface area contributed by atoms with Crippen LogP contribution in [-0.4, -0.2) is 18.3 Å². The Morgan fingerprint density at radius 3 is 2.52 bits per heavy atom. The molecular weight excluding hydrogens is 394 g/mol. The van der Waals surface area contributed by atoms with E-state index in [2.05, 4.69) is 9.71 Å². The maximum Gasteiger partial charge on any atom is 0.288 e. The molecule has 3 rings (SSSR count). The first-order chi connectivity index (χ1) is 13.8. The van der Waals surface area contributed by atoms with Crippen LogP contribution in [0.15, 0.2) is 71.9 Å².